The van der Waals surface area contributed by atoms with Crippen LogP contribution in [0.2, 0.25) is 0 Å². The molecule has 0 spiro atoms. The smallest absolute Gasteiger partial charge is 0.252 e. The summed E-state index contributed by atoms with van der Waals surface area (Å²) in [5.74, 6) is 0.598. The van der Waals surface area contributed by atoms with Crippen molar-refractivity contribution in [3.05, 3.63) is 59.0 Å². The van der Waals surface area contributed by atoms with Crippen LogP contribution in [0.15, 0.2) is 36.5 Å². The van der Waals surface area contributed by atoms with E-state index in [-0.39, 0.29) is 11.9 Å². The Morgan fingerprint density at radius 3 is 2.50 bits per heavy atom. The number of methoxy groups -OCH3 is 1. The van der Waals surface area contributed by atoms with Gasteiger partial charge in [0.25, 0.3) is 5.91 Å². The first-order valence-electron chi connectivity index (χ1n) is 10.7. The van der Waals surface area contributed by atoms with Gasteiger partial charge < -0.3 is 10.1 Å². The summed E-state index contributed by atoms with van der Waals surface area (Å²) in [5, 5.41) is 12.9. The third-order valence-electron chi connectivity index (χ3n) is 5.72. The molecule has 0 aliphatic heterocycles. The van der Waals surface area contributed by atoms with Gasteiger partial charge in [0.05, 0.1) is 41.2 Å². The van der Waals surface area contributed by atoms with Crippen LogP contribution in [0, 0.1) is 13.8 Å². The van der Waals surface area contributed by atoms with Gasteiger partial charge in [-0.25, -0.2) is 4.98 Å². The predicted molar refractivity (Wildman–Crippen MR) is 124 cm³/mol. The number of fused-ring (bicyclic) bond motifs is 1. The van der Waals surface area contributed by atoms with Crippen molar-refractivity contribution in [3.8, 4) is 17.0 Å². The Labute approximate surface area is 187 Å². The minimum atomic E-state index is -0.188. The highest BCUT2D eigenvalue weighted by molar-refractivity contribution is 6.07. The fraction of sp³-hybridized carbons (Fsp3) is 0.333. The van der Waals surface area contributed by atoms with Gasteiger partial charge in [0.15, 0.2) is 5.65 Å². The summed E-state index contributed by atoms with van der Waals surface area (Å²) < 4.78 is 8.86. The van der Waals surface area contributed by atoms with Crippen molar-refractivity contribution in [2.75, 3.05) is 7.11 Å². The number of nitrogens with one attached hydrogen (secondary N) is 1. The lowest BCUT2D eigenvalue weighted by Crippen LogP contribution is -2.27. The lowest BCUT2D eigenvalue weighted by Gasteiger charge is -2.15. The Hall–Kier alpha value is -3.68. The molecule has 166 valence electrons. The zero-order valence-electron chi connectivity index (χ0n) is 19.3. The molecule has 3 aromatic heterocycles. The second-order valence-corrected chi connectivity index (χ2v) is 7.91. The lowest BCUT2D eigenvalue weighted by atomic mass is 10.0. The van der Waals surface area contributed by atoms with E-state index in [1.54, 1.807) is 11.8 Å². The monoisotopic (exact) mass is 432 g/mol. The van der Waals surface area contributed by atoms with E-state index in [9.17, 15) is 4.79 Å². The van der Waals surface area contributed by atoms with Crippen LogP contribution in [0.1, 0.15) is 47.2 Å². The number of benzene rings is 1. The van der Waals surface area contributed by atoms with Gasteiger partial charge in [0, 0.05) is 30.9 Å². The van der Waals surface area contributed by atoms with E-state index in [1.165, 1.54) is 0 Å². The van der Waals surface area contributed by atoms with Crippen molar-refractivity contribution in [3.63, 3.8) is 0 Å². The lowest BCUT2D eigenvalue weighted by molar-refractivity contribution is 0.0941. The van der Waals surface area contributed by atoms with E-state index in [0.29, 0.717) is 16.9 Å². The molecule has 0 saturated carbocycles. The van der Waals surface area contributed by atoms with E-state index >= 15 is 0 Å². The molecule has 4 rings (SSSR count). The number of nitrogens with zero attached hydrogens (tertiary/aromatic N) is 5. The van der Waals surface area contributed by atoms with Crippen LogP contribution in [-0.2, 0) is 13.6 Å². The molecule has 0 fully saturated rings. The van der Waals surface area contributed by atoms with Gasteiger partial charge in [-0.15, -0.1) is 0 Å². The van der Waals surface area contributed by atoms with Crippen LogP contribution in [0.25, 0.3) is 22.3 Å². The van der Waals surface area contributed by atoms with Crippen molar-refractivity contribution in [2.45, 2.75) is 40.3 Å². The molecule has 0 radical (unpaired) electrons. The number of amides is 1. The quantitative estimate of drug-likeness (QED) is 0.498. The number of carbonyl (C=O) groups is 1. The molecule has 0 aliphatic carbocycles. The molecule has 1 aromatic carbocycles. The molecule has 0 bridgehead atoms. The molecule has 32 heavy (non-hydrogen) atoms. The summed E-state index contributed by atoms with van der Waals surface area (Å²) >= 11 is 0. The summed E-state index contributed by atoms with van der Waals surface area (Å²) in [5.41, 5.74) is 5.51. The zero-order chi connectivity index (χ0) is 23.0. The van der Waals surface area contributed by atoms with E-state index in [0.717, 1.165) is 40.2 Å². The summed E-state index contributed by atoms with van der Waals surface area (Å²) in [6, 6.07) is 9.28. The Morgan fingerprint density at radius 2 is 1.88 bits per heavy atom. The van der Waals surface area contributed by atoms with Gasteiger partial charge in [-0.3, -0.25) is 14.2 Å². The number of pyridine rings is 1. The minimum Gasteiger partial charge on any atom is -0.497 e. The third kappa shape index (κ3) is 3.84. The molecule has 0 saturated heterocycles. The Morgan fingerprint density at radius 1 is 1.16 bits per heavy atom. The molecule has 3 heterocycles. The summed E-state index contributed by atoms with van der Waals surface area (Å²) in [7, 11) is 3.47. The van der Waals surface area contributed by atoms with Crippen LogP contribution < -0.4 is 10.1 Å². The molecule has 0 aliphatic rings. The maximum atomic E-state index is 13.5. The fourth-order valence-electron chi connectivity index (χ4n) is 4.01. The maximum Gasteiger partial charge on any atom is 0.252 e. The van der Waals surface area contributed by atoms with E-state index in [1.807, 2.05) is 76.0 Å². The van der Waals surface area contributed by atoms with Crippen LogP contribution >= 0.6 is 0 Å². The number of hydrogen-bond acceptors (Lipinski definition) is 5. The average molecular weight is 433 g/mol. The predicted octanol–water partition coefficient (Wildman–Crippen LogP) is 3.97. The number of aryl methyl sites for hydroxylation is 4. The molecular weight excluding hydrogens is 404 g/mol. The average Bonchev–Trinajstić information content (AvgIpc) is 3.32. The number of aromatic nitrogens is 5. The molecular formula is C24H28N6O2. The second-order valence-electron chi connectivity index (χ2n) is 7.91. The molecule has 1 N–H and O–H groups in total. The third-order valence-corrected chi connectivity index (χ3v) is 5.72. The van der Waals surface area contributed by atoms with Crippen LogP contribution in [0.3, 0.4) is 0 Å². The van der Waals surface area contributed by atoms with Crippen molar-refractivity contribution in [1.82, 2.24) is 29.9 Å². The number of ether oxygens (including phenoxy) is 1. The van der Waals surface area contributed by atoms with Gasteiger partial charge in [-0.1, -0.05) is 0 Å². The standard InChI is InChI=1S/C24H28N6O2/c1-7-30-13-20(15(3)28-30)14(2)25-24(31)19-12-21(17-8-10-18(32-6)11-9-17)26-23-22(19)16(4)27-29(23)5/h8-14H,7H2,1-6H3,(H,25,31)/t14-/m0/s1. The molecule has 8 nitrogen and oxygen atoms in total. The first-order chi connectivity index (χ1) is 15.3. The molecule has 4 aromatic rings. The first-order valence-corrected chi connectivity index (χ1v) is 10.7. The van der Waals surface area contributed by atoms with Crippen molar-refractivity contribution in [1.29, 1.82) is 0 Å². The van der Waals surface area contributed by atoms with E-state index in [2.05, 4.69) is 15.5 Å². The SMILES string of the molecule is CCn1cc([C@H](C)NC(=O)c2cc(-c3ccc(OC)cc3)nc3c2c(C)nn3C)c(C)n1. The van der Waals surface area contributed by atoms with Gasteiger partial charge in [-0.2, -0.15) is 10.2 Å². The Kier molecular flexibility index (Phi) is 5.69. The highest BCUT2D eigenvalue weighted by Gasteiger charge is 2.22. The first kappa shape index (κ1) is 21.5. The largest absolute Gasteiger partial charge is 0.497 e. The van der Waals surface area contributed by atoms with Crippen molar-refractivity contribution < 1.29 is 9.53 Å². The van der Waals surface area contributed by atoms with Gasteiger partial charge in [-0.05, 0) is 58.0 Å². The fourth-order valence-corrected chi connectivity index (χ4v) is 4.01. The Balaban J connectivity index is 1.75. The zero-order valence-corrected chi connectivity index (χ0v) is 19.3. The van der Waals surface area contributed by atoms with Crippen LogP contribution in [-0.4, -0.2) is 37.6 Å². The highest BCUT2D eigenvalue weighted by atomic mass is 16.5. The number of carbonyl (C=O) groups excluding carboxylic acids is 1. The molecule has 1 atom stereocenters. The number of rotatable bonds is 6. The molecule has 1 amide bonds. The van der Waals surface area contributed by atoms with Crippen molar-refractivity contribution >= 4 is 16.9 Å². The van der Waals surface area contributed by atoms with E-state index < -0.39 is 0 Å². The van der Waals surface area contributed by atoms with Crippen molar-refractivity contribution in [2.24, 2.45) is 7.05 Å². The van der Waals surface area contributed by atoms with Crippen LogP contribution in [0.4, 0.5) is 0 Å². The second kappa shape index (κ2) is 8.45. The van der Waals surface area contributed by atoms with Gasteiger partial charge in [0.2, 0.25) is 0 Å². The maximum absolute atomic E-state index is 13.5. The molecule has 8 heteroatoms. The number of hydrogen-bond donors (Lipinski definition) is 1. The summed E-state index contributed by atoms with van der Waals surface area (Å²) in [6.07, 6.45) is 1.99. The van der Waals surface area contributed by atoms with Gasteiger partial charge >= 0.3 is 0 Å². The topological polar surface area (TPSA) is 86.9 Å². The molecule has 0 unspecified atom stereocenters. The normalized spacial score (nSPS) is 12.2. The minimum absolute atomic E-state index is 0.167. The summed E-state index contributed by atoms with van der Waals surface area (Å²) in [6.45, 7) is 8.65. The highest BCUT2D eigenvalue weighted by Crippen LogP contribution is 2.28. The Bertz CT molecular complexity index is 1290. The summed E-state index contributed by atoms with van der Waals surface area (Å²) in [4.78, 5) is 18.2. The van der Waals surface area contributed by atoms with Crippen LogP contribution in [0.5, 0.6) is 5.75 Å². The van der Waals surface area contributed by atoms with Gasteiger partial charge in [0.1, 0.15) is 5.75 Å². The van der Waals surface area contributed by atoms with E-state index in [4.69, 9.17) is 9.72 Å².